The first-order valence-corrected chi connectivity index (χ1v) is 11.0. The highest BCUT2D eigenvalue weighted by atomic mass is 16.5. The van der Waals surface area contributed by atoms with Crippen molar-refractivity contribution < 1.29 is 24.2 Å². The van der Waals surface area contributed by atoms with Crippen molar-refractivity contribution in [3.8, 4) is 6.01 Å². The monoisotopic (exact) mass is 470 g/mol. The minimum absolute atomic E-state index is 0.0323. The number of anilines is 1. The van der Waals surface area contributed by atoms with Crippen LogP contribution in [0.1, 0.15) is 40.2 Å². The molecule has 11 nitrogen and oxygen atoms in total. The topological polar surface area (TPSA) is 151 Å². The summed E-state index contributed by atoms with van der Waals surface area (Å²) < 4.78 is 5.50. The first-order valence-electron chi connectivity index (χ1n) is 11.0. The third-order valence-corrected chi connectivity index (χ3v) is 5.95. The molecule has 0 saturated carbocycles. The number of benzene rings is 1. The average Bonchev–Trinajstić information content (AvgIpc) is 2.80. The number of amides is 3. The fraction of sp³-hybridized carbons (Fsp3) is 0.435. The number of ether oxygens (including phenoxy) is 1. The predicted octanol–water partition coefficient (Wildman–Crippen LogP) is 1.78. The van der Waals surface area contributed by atoms with Crippen molar-refractivity contribution in [3.63, 3.8) is 0 Å². The molecule has 0 spiro atoms. The molecule has 0 radical (unpaired) electrons. The lowest BCUT2D eigenvalue weighted by Gasteiger charge is -2.36. The number of hydrogen-bond acceptors (Lipinski definition) is 7. The van der Waals surface area contributed by atoms with Gasteiger partial charge in [0.2, 0.25) is 5.91 Å². The van der Waals surface area contributed by atoms with Gasteiger partial charge in [-0.05, 0) is 44.4 Å². The third kappa shape index (κ3) is 6.41. The maximum atomic E-state index is 12.7. The number of rotatable bonds is 8. The average molecular weight is 471 g/mol. The van der Waals surface area contributed by atoms with E-state index in [9.17, 15) is 14.4 Å². The second-order valence-corrected chi connectivity index (χ2v) is 8.34. The van der Waals surface area contributed by atoms with Crippen LogP contribution in [0, 0.1) is 13.8 Å². The summed E-state index contributed by atoms with van der Waals surface area (Å²) in [5.74, 6) is -0.611. The number of primary amides is 1. The SMILES string of the molecule is Cc1nc(OCC(=O)N(C)C2CCN(Cc3ccc(C(N)=O)cc3)CC2)nc(C)c1NC(=O)O. The number of carbonyl (C=O) groups excluding carboxylic acids is 2. The van der Waals surface area contributed by atoms with Crippen molar-refractivity contribution in [1.82, 2.24) is 19.8 Å². The molecule has 2 heterocycles. The molecule has 0 bridgehead atoms. The highest BCUT2D eigenvalue weighted by Crippen LogP contribution is 2.21. The molecule has 0 atom stereocenters. The number of carbonyl (C=O) groups is 3. The van der Waals surface area contributed by atoms with Gasteiger partial charge in [-0.15, -0.1) is 0 Å². The Kier molecular flexibility index (Phi) is 8.00. The summed E-state index contributed by atoms with van der Waals surface area (Å²) in [6.45, 7) is 5.55. The molecule has 1 aliphatic rings. The summed E-state index contributed by atoms with van der Waals surface area (Å²) in [5, 5.41) is 11.2. The number of likely N-dealkylation sites (tertiary alicyclic amines) is 1. The number of carboxylic acid groups (broad SMARTS) is 1. The zero-order valence-electron chi connectivity index (χ0n) is 19.6. The fourth-order valence-electron chi connectivity index (χ4n) is 3.97. The number of nitrogens with zero attached hydrogens (tertiary/aromatic N) is 4. The molecule has 1 fully saturated rings. The largest absolute Gasteiger partial charge is 0.465 e. The number of likely N-dealkylation sites (N-methyl/N-ethyl adjacent to an activating group) is 1. The highest BCUT2D eigenvalue weighted by Gasteiger charge is 2.26. The number of nitrogens with one attached hydrogen (secondary N) is 1. The van der Waals surface area contributed by atoms with Crippen LogP contribution in [-0.4, -0.2) is 75.6 Å². The molecule has 2 aromatic rings. The molecule has 11 heteroatoms. The van der Waals surface area contributed by atoms with E-state index in [1.54, 1.807) is 37.9 Å². The van der Waals surface area contributed by atoms with E-state index >= 15 is 0 Å². The van der Waals surface area contributed by atoms with E-state index in [0.717, 1.165) is 38.0 Å². The van der Waals surface area contributed by atoms with E-state index in [1.165, 1.54) is 0 Å². The van der Waals surface area contributed by atoms with Crippen molar-refractivity contribution in [2.24, 2.45) is 5.73 Å². The Hall–Kier alpha value is -3.73. The highest BCUT2D eigenvalue weighted by molar-refractivity contribution is 5.92. The van der Waals surface area contributed by atoms with Crippen LogP contribution in [0.4, 0.5) is 10.5 Å². The molecule has 1 aromatic carbocycles. The van der Waals surface area contributed by atoms with E-state index in [1.807, 2.05) is 12.1 Å². The summed E-state index contributed by atoms with van der Waals surface area (Å²) in [6.07, 6.45) is 0.477. The molecular formula is C23H30N6O5. The summed E-state index contributed by atoms with van der Waals surface area (Å²) in [5.41, 5.74) is 8.03. The van der Waals surface area contributed by atoms with Gasteiger partial charge in [0.15, 0.2) is 6.61 Å². The minimum atomic E-state index is -1.20. The lowest BCUT2D eigenvalue weighted by atomic mass is 10.0. The van der Waals surface area contributed by atoms with E-state index in [2.05, 4.69) is 20.2 Å². The molecule has 1 aliphatic heterocycles. The van der Waals surface area contributed by atoms with E-state index in [4.69, 9.17) is 15.6 Å². The van der Waals surface area contributed by atoms with Crippen LogP contribution in [0.5, 0.6) is 6.01 Å². The molecule has 1 saturated heterocycles. The summed E-state index contributed by atoms with van der Waals surface area (Å²) >= 11 is 0. The molecule has 3 amide bonds. The van der Waals surface area contributed by atoms with Gasteiger partial charge in [-0.1, -0.05) is 12.1 Å². The summed E-state index contributed by atoms with van der Waals surface area (Å²) in [4.78, 5) is 47.0. The molecule has 3 rings (SSSR count). The van der Waals surface area contributed by atoms with Crippen molar-refractivity contribution >= 4 is 23.6 Å². The van der Waals surface area contributed by atoms with Gasteiger partial charge in [0.25, 0.3) is 5.91 Å². The maximum absolute atomic E-state index is 12.7. The summed E-state index contributed by atoms with van der Waals surface area (Å²) in [7, 11) is 1.77. The van der Waals surface area contributed by atoms with Crippen LogP contribution in [0.3, 0.4) is 0 Å². The van der Waals surface area contributed by atoms with Gasteiger partial charge in [-0.3, -0.25) is 19.8 Å². The predicted molar refractivity (Wildman–Crippen MR) is 125 cm³/mol. The van der Waals surface area contributed by atoms with Gasteiger partial charge in [0.05, 0.1) is 17.1 Å². The Balaban J connectivity index is 1.47. The second kappa shape index (κ2) is 10.9. The first-order chi connectivity index (χ1) is 16.1. The summed E-state index contributed by atoms with van der Waals surface area (Å²) in [6, 6.07) is 7.43. The zero-order valence-corrected chi connectivity index (χ0v) is 19.6. The number of nitrogens with two attached hydrogens (primary N) is 1. The fourth-order valence-corrected chi connectivity index (χ4v) is 3.97. The second-order valence-electron chi connectivity index (χ2n) is 8.34. The van der Waals surface area contributed by atoms with Crippen molar-refractivity contribution in [3.05, 3.63) is 46.8 Å². The normalized spacial score (nSPS) is 14.4. The van der Waals surface area contributed by atoms with Gasteiger partial charge in [0.1, 0.15) is 0 Å². The van der Waals surface area contributed by atoms with Crippen molar-refractivity contribution in [2.45, 2.75) is 39.3 Å². The lowest BCUT2D eigenvalue weighted by Crippen LogP contribution is -2.46. The van der Waals surface area contributed by atoms with Crippen LogP contribution in [0.15, 0.2) is 24.3 Å². The number of aromatic nitrogens is 2. The quantitative estimate of drug-likeness (QED) is 0.528. The third-order valence-electron chi connectivity index (χ3n) is 5.95. The molecule has 0 unspecified atom stereocenters. The van der Waals surface area contributed by atoms with E-state index < -0.39 is 12.0 Å². The Morgan fingerprint density at radius 3 is 2.26 bits per heavy atom. The minimum Gasteiger partial charge on any atom is -0.465 e. The molecule has 4 N–H and O–H groups in total. The lowest BCUT2D eigenvalue weighted by molar-refractivity contribution is -0.135. The van der Waals surface area contributed by atoms with Gasteiger partial charge < -0.3 is 20.5 Å². The molecule has 0 aliphatic carbocycles. The number of hydrogen-bond donors (Lipinski definition) is 3. The van der Waals surface area contributed by atoms with Gasteiger partial charge in [-0.25, -0.2) is 4.79 Å². The smallest absolute Gasteiger partial charge is 0.409 e. The Morgan fingerprint density at radius 1 is 1.15 bits per heavy atom. The molecular weight excluding hydrogens is 440 g/mol. The molecule has 34 heavy (non-hydrogen) atoms. The van der Waals surface area contributed by atoms with Crippen LogP contribution >= 0.6 is 0 Å². The van der Waals surface area contributed by atoms with Crippen molar-refractivity contribution in [2.75, 3.05) is 32.1 Å². The maximum Gasteiger partial charge on any atom is 0.409 e. The first kappa shape index (κ1) is 24.9. The van der Waals surface area contributed by atoms with E-state index in [0.29, 0.717) is 22.6 Å². The van der Waals surface area contributed by atoms with E-state index in [-0.39, 0.29) is 24.6 Å². The molecule has 182 valence electrons. The van der Waals surface area contributed by atoms with Crippen LogP contribution < -0.4 is 15.8 Å². The Morgan fingerprint density at radius 2 is 1.74 bits per heavy atom. The molecule has 1 aromatic heterocycles. The Labute approximate surface area is 197 Å². The zero-order chi connectivity index (χ0) is 24.8. The van der Waals surface area contributed by atoms with Crippen molar-refractivity contribution in [1.29, 1.82) is 0 Å². The Bertz CT molecular complexity index is 1030. The van der Waals surface area contributed by atoms with Gasteiger partial charge in [0, 0.05) is 38.3 Å². The van der Waals surface area contributed by atoms with Gasteiger partial charge in [-0.2, -0.15) is 9.97 Å². The van der Waals surface area contributed by atoms with Crippen LogP contribution in [0.2, 0.25) is 0 Å². The van der Waals surface area contributed by atoms with Crippen LogP contribution in [0.25, 0.3) is 0 Å². The standard InChI is InChI=1S/C23H30N6O5/c1-14-20(27-23(32)33)15(2)26-22(25-14)34-13-19(30)28(3)18-8-10-29(11-9-18)12-16-4-6-17(7-5-16)21(24)31/h4-7,18,27H,8-13H2,1-3H3,(H2,24,31)(H,32,33). The number of piperidine rings is 1. The number of aryl methyl sites for hydroxylation is 2. The van der Waals surface area contributed by atoms with Crippen LogP contribution in [-0.2, 0) is 11.3 Å². The van der Waals surface area contributed by atoms with Gasteiger partial charge >= 0.3 is 12.1 Å².